The SMILES string of the molecule is CCNC(=NCC(C)CN1CCN(C)CC1)NCCC(C)C.I. The Morgan fingerprint density at radius 2 is 1.74 bits per heavy atom. The first kappa shape index (κ1) is 22.9. The summed E-state index contributed by atoms with van der Waals surface area (Å²) in [5.74, 6) is 2.30. The minimum absolute atomic E-state index is 0. The van der Waals surface area contributed by atoms with Gasteiger partial charge in [0.05, 0.1) is 0 Å². The van der Waals surface area contributed by atoms with Crippen molar-refractivity contribution in [1.82, 2.24) is 20.4 Å². The largest absolute Gasteiger partial charge is 0.357 e. The predicted octanol–water partition coefficient (Wildman–Crippen LogP) is 2.09. The quantitative estimate of drug-likeness (QED) is 0.345. The lowest BCUT2D eigenvalue weighted by Gasteiger charge is -2.33. The first-order valence-corrected chi connectivity index (χ1v) is 8.94. The predicted molar refractivity (Wildman–Crippen MR) is 112 cm³/mol. The standard InChI is InChI=1S/C17H37N5.HI/c1-6-18-17(19-8-7-15(2)3)20-13-16(4)14-22-11-9-21(5)10-12-22;/h15-16H,6-14H2,1-5H3,(H2,18,19,20);1H. The molecule has 0 aromatic heterocycles. The molecule has 1 saturated heterocycles. The van der Waals surface area contributed by atoms with Gasteiger partial charge in [-0.3, -0.25) is 4.99 Å². The highest BCUT2D eigenvalue weighted by Crippen LogP contribution is 2.05. The third-order valence-electron chi connectivity index (χ3n) is 4.09. The Bertz CT molecular complexity index is 314. The Hall–Kier alpha value is -0.0800. The summed E-state index contributed by atoms with van der Waals surface area (Å²) in [5, 5.41) is 6.78. The molecule has 1 aliphatic rings. The Morgan fingerprint density at radius 3 is 2.30 bits per heavy atom. The van der Waals surface area contributed by atoms with Gasteiger partial charge >= 0.3 is 0 Å². The Kier molecular flexibility index (Phi) is 13.2. The summed E-state index contributed by atoms with van der Waals surface area (Å²) in [6.07, 6.45) is 1.18. The number of guanidine groups is 1. The van der Waals surface area contributed by atoms with Crippen molar-refractivity contribution < 1.29 is 0 Å². The van der Waals surface area contributed by atoms with E-state index >= 15 is 0 Å². The van der Waals surface area contributed by atoms with Gasteiger partial charge in [-0.2, -0.15) is 0 Å². The fourth-order valence-corrected chi connectivity index (χ4v) is 2.60. The van der Waals surface area contributed by atoms with Crippen LogP contribution in [0.5, 0.6) is 0 Å². The second-order valence-electron chi connectivity index (χ2n) is 7.04. The molecule has 1 heterocycles. The average molecular weight is 439 g/mol. The summed E-state index contributed by atoms with van der Waals surface area (Å²) in [5.41, 5.74) is 0. The van der Waals surface area contributed by atoms with Gasteiger partial charge in [0.2, 0.25) is 0 Å². The molecule has 0 aliphatic carbocycles. The van der Waals surface area contributed by atoms with E-state index in [2.05, 4.69) is 55.2 Å². The number of hydrogen-bond acceptors (Lipinski definition) is 3. The summed E-state index contributed by atoms with van der Waals surface area (Å²) in [7, 11) is 2.20. The molecular formula is C17H38IN5. The highest BCUT2D eigenvalue weighted by Gasteiger charge is 2.15. The minimum Gasteiger partial charge on any atom is -0.357 e. The first-order chi connectivity index (χ1) is 10.5. The van der Waals surface area contributed by atoms with E-state index in [9.17, 15) is 0 Å². The molecule has 5 nitrogen and oxygen atoms in total. The molecule has 0 radical (unpaired) electrons. The van der Waals surface area contributed by atoms with E-state index < -0.39 is 0 Å². The van der Waals surface area contributed by atoms with Crippen LogP contribution in [0.4, 0.5) is 0 Å². The summed E-state index contributed by atoms with van der Waals surface area (Å²) < 4.78 is 0. The van der Waals surface area contributed by atoms with Crippen molar-refractivity contribution in [2.75, 3.05) is 59.4 Å². The lowest BCUT2D eigenvalue weighted by atomic mass is 10.1. The number of piperazine rings is 1. The number of rotatable bonds is 8. The molecule has 1 fully saturated rings. The third-order valence-corrected chi connectivity index (χ3v) is 4.09. The third kappa shape index (κ3) is 11.2. The van der Waals surface area contributed by atoms with Gasteiger partial charge in [0.25, 0.3) is 0 Å². The highest BCUT2D eigenvalue weighted by atomic mass is 127. The van der Waals surface area contributed by atoms with Gasteiger partial charge in [-0.05, 0) is 32.2 Å². The molecule has 1 rings (SSSR count). The van der Waals surface area contributed by atoms with Crippen molar-refractivity contribution in [2.24, 2.45) is 16.8 Å². The van der Waals surface area contributed by atoms with Crippen LogP contribution in [0.15, 0.2) is 4.99 Å². The van der Waals surface area contributed by atoms with Crippen molar-refractivity contribution >= 4 is 29.9 Å². The Labute approximate surface area is 160 Å². The van der Waals surface area contributed by atoms with Gasteiger partial charge in [0, 0.05) is 52.4 Å². The van der Waals surface area contributed by atoms with Crippen molar-refractivity contribution in [1.29, 1.82) is 0 Å². The molecule has 0 aromatic carbocycles. The van der Waals surface area contributed by atoms with Crippen LogP contribution >= 0.6 is 24.0 Å². The van der Waals surface area contributed by atoms with Crippen molar-refractivity contribution in [3.63, 3.8) is 0 Å². The van der Waals surface area contributed by atoms with Gasteiger partial charge in [-0.1, -0.05) is 20.8 Å². The molecule has 0 aromatic rings. The van der Waals surface area contributed by atoms with Crippen LogP contribution in [-0.4, -0.2) is 75.2 Å². The average Bonchev–Trinajstić information content (AvgIpc) is 2.47. The molecule has 1 unspecified atom stereocenters. The molecule has 0 spiro atoms. The van der Waals surface area contributed by atoms with E-state index in [1.807, 2.05) is 0 Å². The summed E-state index contributed by atoms with van der Waals surface area (Å²) in [4.78, 5) is 9.72. The lowest BCUT2D eigenvalue weighted by molar-refractivity contribution is 0.140. The van der Waals surface area contributed by atoms with Crippen LogP contribution in [0.3, 0.4) is 0 Å². The van der Waals surface area contributed by atoms with Crippen molar-refractivity contribution in [3.05, 3.63) is 0 Å². The van der Waals surface area contributed by atoms with Gasteiger partial charge < -0.3 is 20.4 Å². The molecule has 0 amide bonds. The number of aliphatic imine (C=N–C) groups is 1. The number of halogens is 1. The van der Waals surface area contributed by atoms with Crippen molar-refractivity contribution in [3.8, 4) is 0 Å². The smallest absolute Gasteiger partial charge is 0.191 e. The molecule has 138 valence electrons. The summed E-state index contributed by atoms with van der Waals surface area (Å²) in [6, 6.07) is 0. The second-order valence-corrected chi connectivity index (χ2v) is 7.04. The first-order valence-electron chi connectivity index (χ1n) is 8.94. The van der Waals surface area contributed by atoms with Crippen molar-refractivity contribution in [2.45, 2.75) is 34.1 Å². The monoisotopic (exact) mass is 439 g/mol. The van der Waals surface area contributed by atoms with Gasteiger partial charge in [0.15, 0.2) is 5.96 Å². The van der Waals surface area contributed by atoms with Crippen LogP contribution < -0.4 is 10.6 Å². The number of hydrogen-bond donors (Lipinski definition) is 2. The van der Waals surface area contributed by atoms with Gasteiger partial charge in [-0.15, -0.1) is 24.0 Å². The normalized spacial score (nSPS) is 18.6. The zero-order valence-electron chi connectivity index (χ0n) is 15.8. The molecule has 2 N–H and O–H groups in total. The van der Waals surface area contributed by atoms with Gasteiger partial charge in [0.1, 0.15) is 0 Å². The molecular weight excluding hydrogens is 401 g/mol. The van der Waals surface area contributed by atoms with Crippen LogP contribution in [0, 0.1) is 11.8 Å². The molecule has 1 atom stereocenters. The maximum absolute atomic E-state index is 4.75. The lowest BCUT2D eigenvalue weighted by Crippen LogP contribution is -2.46. The maximum Gasteiger partial charge on any atom is 0.191 e. The van der Waals surface area contributed by atoms with Crippen LogP contribution in [0.1, 0.15) is 34.1 Å². The van der Waals surface area contributed by atoms with E-state index in [-0.39, 0.29) is 24.0 Å². The van der Waals surface area contributed by atoms with E-state index in [1.54, 1.807) is 0 Å². The highest BCUT2D eigenvalue weighted by molar-refractivity contribution is 14.0. The second kappa shape index (κ2) is 13.2. The van der Waals surface area contributed by atoms with Gasteiger partial charge in [-0.25, -0.2) is 0 Å². The number of nitrogens with zero attached hydrogens (tertiary/aromatic N) is 3. The van der Waals surface area contributed by atoms with Crippen LogP contribution in [0.25, 0.3) is 0 Å². The molecule has 0 bridgehead atoms. The van der Waals surface area contributed by atoms with E-state index in [1.165, 1.54) is 32.6 Å². The maximum atomic E-state index is 4.75. The van der Waals surface area contributed by atoms with Crippen LogP contribution in [-0.2, 0) is 0 Å². The number of nitrogens with one attached hydrogen (secondary N) is 2. The molecule has 1 aliphatic heterocycles. The van der Waals surface area contributed by atoms with E-state index in [0.29, 0.717) is 5.92 Å². The fourth-order valence-electron chi connectivity index (χ4n) is 2.60. The fraction of sp³-hybridized carbons (Fsp3) is 0.941. The van der Waals surface area contributed by atoms with Crippen LogP contribution in [0.2, 0.25) is 0 Å². The molecule has 0 saturated carbocycles. The molecule has 6 heteroatoms. The molecule has 23 heavy (non-hydrogen) atoms. The Morgan fingerprint density at radius 1 is 1.09 bits per heavy atom. The van der Waals surface area contributed by atoms with E-state index in [4.69, 9.17) is 4.99 Å². The zero-order valence-corrected chi connectivity index (χ0v) is 18.1. The van der Waals surface area contributed by atoms with E-state index in [0.717, 1.165) is 38.1 Å². The number of likely N-dealkylation sites (N-methyl/N-ethyl adjacent to an activating group) is 1. The minimum atomic E-state index is 0. The topological polar surface area (TPSA) is 42.9 Å². The summed E-state index contributed by atoms with van der Waals surface area (Å²) >= 11 is 0. The summed E-state index contributed by atoms with van der Waals surface area (Å²) in [6.45, 7) is 17.7. The zero-order chi connectivity index (χ0) is 16.4. The Balaban J connectivity index is 0.00000484.